The van der Waals surface area contributed by atoms with Crippen LogP contribution in [0.4, 0.5) is 11.5 Å². The second kappa shape index (κ2) is 8.32. The molecule has 0 bridgehead atoms. The van der Waals surface area contributed by atoms with Crippen molar-refractivity contribution in [1.29, 1.82) is 0 Å². The number of hydrogen-bond acceptors (Lipinski definition) is 3. The van der Waals surface area contributed by atoms with E-state index in [1.54, 1.807) is 18.3 Å². The number of pyridine rings is 1. The Morgan fingerprint density at radius 2 is 1.87 bits per heavy atom. The Hall–Kier alpha value is -2.36. The van der Waals surface area contributed by atoms with E-state index in [4.69, 9.17) is 0 Å². The van der Waals surface area contributed by atoms with E-state index in [2.05, 4.69) is 22.5 Å². The van der Waals surface area contributed by atoms with Crippen LogP contribution in [-0.2, 0) is 0 Å². The molecule has 23 heavy (non-hydrogen) atoms. The van der Waals surface area contributed by atoms with Gasteiger partial charge in [0.15, 0.2) is 0 Å². The van der Waals surface area contributed by atoms with Crippen LogP contribution in [0.2, 0.25) is 0 Å². The molecule has 0 radical (unpaired) electrons. The summed E-state index contributed by atoms with van der Waals surface area (Å²) in [5.74, 6) is 0.636. The first-order valence-corrected chi connectivity index (χ1v) is 8.19. The highest BCUT2D eigenvalue weighted by atomic mass is 16.1. The summed E-state index contributed by atoms with van der Waals surface area (Å²) in [7, 11) is 0. The molecule has 0 saturated heterocycles. The molecule has 0 fully saturated rings. The van der Waals surface area contributed by atoms with E-state index >= 15 is 0 Å². The van der Waals surface area contributed by atoms with Crippen molar-refractivity contribution in [3.8, 4) is 0 Å². The van der Waals surface area contributed by atoms with Crippen LogP contribution in [0, 0.1) is 13.8 Å². The molecule has 1 amide bonds. The number of nitrogens with one attached hydrogen (secondary N) is 2. The number of rotatable bonds is 7. The number of amides is 1. The first-order chi connectivity index (χ1) is 11.1. The molecule has 1 aromatic carbocycles. The summed E-state index contributed by atoms with van der Waals surface area (Å²) in [5.41, 5.74) is 3.61. The van der Waals surface area contributed by atoms with Gasteiger partial charge < -0.3 is 10.6 Å². The molecule has 2 N–H and O–H groups in total. The number of aryl methyl sites for hydroxylation is 2. The highest BCUT2D eigenvalue weighted by Crippen LogP contribution is 2.20. The molecule has 2 rings (SSSR count). The van der Waals surface area contributed by atoms with Crippen LogP contribution in [0.3, 0.4) is 0 Å². The lowest BCUT2D eigenvalue weighted by molar-refractivity contribution is 0.102. The minimum atomic E-state index is -0.110. The molecule has 0 aliphatic carbocycles. The number of anilines is 2. The van der Waals surface area contributed by atoms with Crippen LogP contribution < -0.4 is 10.6 Å². The van der Waals surface area contributed by atoms with E-state index in [9.17, 15) is 4.79 Å². The third kappa shape index (κ3) is 4.81. The topological polar surface area (TPSA) is 54.0 Å². The Morgan fingerprint density at radius 1 is 1.13 bits per heavy atom. The molecule has 1 heterocycles. The number of unbranched alkanes of at least 4 members (excludes halogenated alkanes) is 2. The van der Waals surface area contributed by atoms with Gasteiger partial charge in [0.05, 0.1) is 0 Å². The lowest BCUT2D eigenvalue weighted by Crippen LogP contribution is -2.14. The SMILES string of the molecule is CCCCCNc1cc(C(=O)Nc2c(C)cccc2C)ccn1. The zero-order valence-corrected chi connectivity index (χ0v) is 14.1. The Bertz CT molecular complexity index is 647. The van der Waals surface area contributed by atoms with Crippen molar-refractivity contribution in [2.75, 3.05) is 17.2 Å². The minimum absolute atomic E-state index is 0.110. The Balaban J connectivity index is 2.05. The van der Waals surface area contributed by atoms with Gasteiger partial charge in [-0.25, -0.2) is 4.98 Å². The van der Waals surface area contributed by atoms with Crippen molar-refractivity contribution in [2.24, 2.45) is 0 Å². The summed E-state index contributed by atoms with van der Waals surface area (Å²) in [6.07, 6.45) is 5.16. The van der Waals surface area contributed by atoms with E-state index in [-0.39, 0.29) is 5.91 Å². The van der Waals surface area contributed by atoms with Crippen LogP contribution in [0.1, 0.15) is 47.7 Å². The average molecular weight is 311 g/mol. The minimum Gasteiger partial charge on any atom is -0.370 e. The van der Waals surface area contributed by atoms with Gasteiger partial charge in [0.25, 0.3) is 5.91 Å². The zero-order chi connectivity index (χ0) is 16.7. The normalized spacial score (nSPS) is 10.4. The average Bonchev–Trinajstić information content (AvgIpc) is 2.55. The second-order valence-electron chi connectivity index (χ2n) is 5.78. The predicted molar refractivity (Wildman–Crippen MR) is 96.1 cm³/mol. The highest BCUT2D eigenvalue weighted by Gasteiger charge is 2.10. The van der Waals surface area contributed by atoms with Crippen molar-refractivity contribution in [3.63, 3.8) is 0 Å². The zero-order valence-electron chi connectivity index (χ0n) is 14.1. The lowest BCUT2D eigenvalue weighted by Gasteiger charge is -2.12. The first-order valence-electron chi connectivity index (χ1n) is 8.19. The Kier molecular flexibility index (Phi) is 6.15. The molecular formula is C19H25N3O. The van der Waals surface area contributed by atoms with Gasteiger partial charge in [0, 0.05) is 24.0 Å². The van der Waals surface area contributed by atoms with Gasteiger partial charge in [-0.05, 0) is 43.5 Å². The van der Waals surface area contributed by atoms with Crippen molar-refractivity contribution < 1.29 is 4.79 Å². The van der Waals surface area contributed by atoms with Crippen LogP contribution in [0.25, 0.3) is 0 Å². The van der Waals surface area contributed by atoms with Crippen LogP contribution in [0.15, 0.2) is 36.5 Å². The second-order valence-corrected chi connectivity index (χ2v) is 5.78. The van der Waals surface area contributed by atoms with Crippen LogP contribution in [0.5, 0.6) is 0 Å². The van der Waals surface area contributed by atoms with Crippen molar-refractivity contribution >= 4 is 17.4 Å². The quantitative estimate of drug-likeness (QED) is 0.737. The number of benzene rings is 1. The summed E-state index contributed by atoms with van der Waals surface area (Å²) in [4.78, 5) is 16.8. The van der Waals surface area contributed by atoms with Gasteiger partial charge in [-0.1, -0.05) is 38.0 Å². The number of carbonyl (C=O) groups excluding carboxylic acids is 1. The number of hydrogen-bond donors (Lipinski definition) is 2. The maximum absolute atomic E-state index is 12.5. The van der Waals surface area contributed by atoms with Gasteiger partial charge >= 0.3 is 0 Å². The first kappa shape index (κ1) is 17.0. The molecule has 2 aromatic rings. The third-order valence-corrected chi connectivity index (χ3v) is 3.83. The summed E-state index contributed by atoms with van der Waals surface area (Å²) in [6, 6.07) is 9.52. The number of aromatic nitrogens is 1. The van der Waals surface area contributed by atoms with E-state index in [0.29, 0.717) is 5.56 Å². The molecule has 0 aliphatic rings. The molecule has 0 unspecified atom stereocenters. The largest absolute Gasteiger partial charge is 0.370 e. The maximum Gasteiger partial charge on any atom is 0.255 e. The van der Waals surface area contributed by atoms with E-state index in [0.717, 1.165) is 35.6 Å². The fourth-order valence-corrected chi connectivity index (χ4v) is 2.46. The summed E-state index contributed by atoms with van der Waals surface area (Å²) >= 11 is 0. The standard InChI is InChI=1S/C19H25N3O/c1-4-5-6-11-20-17-13-16(10-12-21-17)19(23)22-18-14(2)8-7-9-15(18)3/h7-10,12-13H,4-6,11H2,1-3H3,(H,20,21)(H,22,23). The fourth-order valence-electron chi connectivity index (χ4n) is 2.46. The van der Waals surface area contributed by atoms with Gasteiger partial charge in [-0.3, -0.25) is 4.79 Å². The molecule has 122 valence electrons. The molecule has 4 heteroatoms. The van der Waals surface area contributed by atoms with Gasteiger partial charge in [0.1, 0.15) is 5.82 Å². The van der Waals surface area contributed by atoms with Crippen molar-refractivity contribution in [3.05, 3.63) is 53.2 Å². The molecule has 0 aliphatic heterocycles. The Morgan fingerprint density at radius 3 is 2.57 bits per heavy atom. The van der Waals surface area contributed by atoms with Crippen molar-refractivity contribution in [2.45, 2.75) is 40.0 Å². The monoisotopic (exact) mass is 311 g/mol. The Labute approximate surface area is 138 Å². The molecule has 4 nitrogen and oxygen atoms in total. The van der Waals surface area contributed by atoms with E-state index < -0.39 is 0 Å². The number of nitrogens with zero attached hydrogens (tertiary/aromatic N) is 1. The van der Waals surface area contributed by atoms with Gasteiger partial charge in [0.2, 0.25) is 0 Å². The lowest BCUT2D eigenvalue weighted by atomic mass is 10.1. The van der Waals surface area contributed by atoms with Crippen LogP contribution in [-0.4, -0.2) is 17.4 Å². The number of para-hydroxylation sites is 1. The summed E-state index contributed by atoms with van der Waals surface area (Å²) < 4.78 is 0. The fraction of sp³-hybridized carbons (Fsp3) is 0.368. The smallest absolute Gasteiger partial charge is 0.255 e. The molecule has 0 saturated carbocycles. The van der Waals surface area contributed by atoms with Crippen LogP contribution >= 0.6 is 0 Å². The molecule has 0 spiro atoms. The molecule has 0 atom stereocenters. The third-order valence-electron chi connectivity index (χ3n) is 3.83. The van der Waals surface area contributed by atoms with E-state index in [1.807, 2.05) is 32.0 Å². The maximum atomic E-state index is 12.5. The molecular weight excluding hydrogens is 286 g/mol. The molecule has 1 aromatic heterocycles. The highest BCUT2D eigenvalue weighted by molar-refractivity contribution is 6.05. The summed E-state index contributed by atoms with van der Waals surface area (Å²) in [5, 5.41) is 6.27. The van der Waals surface area contributed by atoms with Gasteiger partial charge in [-0.15, -0.1) is 0 Å². The van der Waals surface area contributed by atoms with Gasteiger partial charge in [-0.2, -0.15) is 0 Å². The van der Waals surface area contributed by atoms with Crippen molar-refractivity contribution in [1.82, 2.24) is 4.98 Å². The number of carbonyl (C=O) groups is 1. The predicted octanol–water partition coefficient (Wildman–Crippen LogP) is 4.55. The summed E-state index contributed by atoms with van der Waals surface area (Å²) in [6.45, 7) is 7.05. The van der Waals surface area contributed by atoms with E-state index in [1.165, 1.54) is 12.8 Å².